The summed E-state index contributed by atoms with van der Waals surface area (Å²) in [5.74, 6) is -0.797. The summed E-state index contributed by atoms with van der Waals surface area (Å²) in [6, 6.07) is 7.07. The summed E-state index contributed by atoms with van der Waals surface area (Å²) in [5.41, 5.74) is 1.38. The Hall–Kier alpha value is -2.41. The molecule has 0 saturated heterocycles. The zero-order chi connectivity index (χ0) is 17.2. The molecule has 0 aliphatic heterocycles. The molecule has 1 rings (SSSR count). The number of benzene rings is 1. The molecule has 0 aliphatic carbocycles. The van der Waals surface area contributed by atoms with E-state index in [2.05, 4.69) is 10.1 Å². The summed E-state index contributed by atoms with van der Waals surface area (Å²) in [4.78, 5) is 35.5. The van der Waals surface area contributed by atoms with Gasteiger partial charge in [-0.05, 0) is 26.0 Å². The molecule has 7 nitrogen and oxygen atoms in total. The van der Waals surface area contributed by atoms with Gasteiger partial charge in [-0.15, -0.1) is 0 Å². The van der Waals surface area contributed by atoms with Crippen LogP contribution in [0, 0.1) is 0 Å². The number of rotatable bonds is 7. The molecule has 2 N–H and O–H groups in total. The number of quaternary nitrogens is 1. The fourth-order valence-corrected chi connectivity index (χ4v) is 2.08. The second kappa shape index (κ2) is 9.58. The third kappa shape index (κ3) is 6.48. The molecule has 1 unspecified atom stereocenters. The van der Waals surface area contributed by atoms with Crippen LogP contribution in [0.25, 0.3) is 0 Å². The van der Waals surface area contributed by atoms with E-state index in [4.69, 9.17) is 4.74 Å². The number of esters is 1. The van der Waals surface area contributed by atoms with Gasteiger partial charge >= 0.3 is 12.1 Å². The molecule has 0 aromatic heterocycles. The van der Waals surface area contributed by atoms with Crippen LogP contribution in [-0.4, -0.2) is 44.8 Å². The molecule has 7 heteroatoms. The van der Waals surface area contributed by atoms with E-state index in [9.17, 15) is 14.4 Å². The van der Waals surface area contributed by atoms with E-state index in [0.29, 0.717) is 18.7 Å². The number of amides is 2. The van der Waals surface area contributed by atoms with E-state index in [1.54, 1.807) is 25.1 Å². The molecular weight excluding hydrogens is 300 g/mol. The Kier molecular flexibility index (Phi) is 7.76. The van der Waals surface area contributed by atoms with Gasteiger partial charge < -0.3 is 14.4 Å². The minimum Gasteiger partial charge on any atom is -0.465 e. The highest BCUT2D eigenvalue weighted by Gasteiger charge is 2.16. The number of methoxy groups -OCH3 is 1. The standard InChI is InChI=1S/C16H22N2O5/c1-4-18(11-14(19)17-16(21)23-5-2)10-12-7-6-8-13(9-12)15(20)22-3/h6-9H,4-5,10-11H2,1-3H3,(H,17,19,21)/p+1. The third-order valence-corrected chi connectivity index (χ3v) is 3.23. The predicted molar refractivity (Wildman–Crippen MR) is 83.0 cm³/mol. The minimum atomic E-state index is -0.736. The van der Waals surface area contributed by atoms with Crippen LogP contribution in [0.4, 0.5) is 4.79 Å². The van der Waals surface area contributed by atoms with Crippen LogP contribution < -0.4 is 10.2 Å². The predicted octanol–water partition coefficient (Wildman–Crippen LogP) is 0.151. The van der Waals surface area contributed by atoms with Gasteiger partial charge in [0.2, 0.25) is 0 Å². The molecule has 2 amide bonds. The highest BCUT2D eigenvalue weighted by molar-refractivity contribution is 5.92. The smallest absolute Gasteiger partial charge is 0.414 e. The average Bonchev–Trinajstić information content (AvgIpc) is 2.53. The fraction of sp³-hybridized carbons (Fsp3) is 0.438. The maximum absolute atomic E-state index is 11.8. The molecule has 0 radical (unpaired) electrons. The number of carbonyl (C=O) groups excluding carboxylic acids is 3. The summed E-state index contributed by atoms with van der Waals surface area (Å²) in [7, 11) is 1.33. The van der Waals surface area contributed by atoms with Crippen molar-refractivity contribution in [1.29, 1.82) is 0 Å². The van der Waals surface area contributed by atoms with Crippen molar-refractivity contribution in [2.75, 3.05) is 26.8 Å². The maximum Gasteiger partial charge on any atom is 0.414 e. The first-order valence-corrected chi connectivity index (χ1v) is 7.47. The lowest BCUT2D eigenvalue weighted by Crippen LogP contribution is -3.11. The summed E-state index contributed by atoms with van der Waals surface area (Å²) >= 11 is 0. The quantitative estimate of drug-likeness (QED) is 0.698. The first-order valence-electron chi connectivity index (χ1n) is 7.47. The van der Waals surface area contributed by atoms with Crippen molar-refractivity contribution in [2.45, 2.75) is 20.4 Å². The molecule has 0 fully saturated rings. The number of carbonyl (C=O) groups is 3. The average molecular weight is 323 g/mol. The second-order valence-corrected chi connectivity index (χ2v) is 4.92. The molecule has 126 valence electrons. The van der Waals surface area contributed by atoms with E-state index in [1.165, 1.54) is 7.11 Å². The van der Waals surface area contributed by atoms with E-state index < -0.39 is 18.0 Å². The van der Waals surface area contributed by atoms with Crippen molar-refractivity contribution >= 4 is 18.0 Å². The Morgan fingerprint density at radius 2 is 1.96 bits per heavy atom. The number of nitrogens with one attached hydrogen (secondary N) is 2. The number of imide groups is 1. The fourth-order valence-electron chi connectivity index (χ4n) is 2.08. The van der Waals surface area contributed by atoms with E-state index in [-0.39, 0.29) is 13.2 Å². The second-order valence-electron chi connectivity index (χ2n) is 4.92. The Bertz CT molecular complexity index is 559. The number of likely N-dealkylation sites (N-methyl/N-ethyl adjacent to an activating group) is 1. The number of ether oxygens (including phenoxy) is 2. The molecular formula is C16H23N2O5+. The normalized spacial score (nSPS) is 11.4. The van der Waals surface area contributed by atoms with Crippen molar-refractivity contribution in [3.05, 3.63) is 35.4 Å². The van der Waals surface area contributed by atoms with Gasteiger partial charge in [0.05, 0.1) is 25.8 Å². The highest BCUT2D eigenvalue weighted by atomic mass is 16.5. The van der Waals surface area contributed by atoms with Crippen LogP contribution in [0.1, 0.15) is 29.8 Å². The van der Waals surface area contributed by atoms with E-state index >= 15 is 0 Å². The van der Waals surface area contributed by atoms with Gasteiger partial charge in [0.25, 0.3) is 5.91 Å². The highest BCUT2D eigenvalue weighted by Crippen LogP contribution is 2.05. The van der Waals surface area contributed by atoms with Gasteiger partial charge in [0.1, 0.15) is 6.54 Å². The Balaban J connectivity index is 2.64. The zero-order valence-corrected chi connectivity index (χ0v) is 13.7. The molecule has 23 heavy (non-hydrogen) atoms. The zero-order valence-electron chi connectivity index (χ0n) is 13.7. The van der Waals surface area contributed by atoms with Gasteiger partial charge in [-0.2, -0.15) is 0 Å². The van der Waals surface area contributed by atoms with Crippen molar-refractivity contribution in [2.24, 2.45) is 0 Å². The van der Waals surface area contributed by atoms with Crippen LogP contribution in [0.5, 0.6) is 0 Å². The number of hydrogen-bond acceptors (Lipinski definition) is 5. The molecule has 0 bridgehead atoms. The van der Waals surface area contributed by atoms with Crippen molar-refractivity contribution in [1.82, 2.24) is 5.32 Å². The van der Waals surface area contributed by atoms with E-state index in [0.717, 1.165) is 10.5 Å². The van der Waals surface area contributed by atoms with Crippen LogP contribution >= 0.6 is 0 Å². The molecule has 0 aliphatic rings. The molecule has 0 saturated carbocycles. The van der Waals surface area contributed by atoms with Crippen LogP contribution in [0.15, 0.2) is 24.3 Å². The van der Waals surface area contributed by atoms with Gasteiger partial charge in [-0.25, -0.2) is 9.59 Å². The minimum absolute atomic E-state index is 0.137. The van der Waals surface area contributed by atoms with Crippen molar-refractivity contribution in [3.8, 4) is 0 Å². The molecule has 0 spiro atoms. The summed E-state index contributed by atoms with van der Waals surface area (Å²) in [6.45, 7) is 5.21. The Labute approximate surface area is 135 Å². The monoisotopic (exact) mass is 323 g/mol. The number of alkyl carbamates (subject to hydrolysis) is 1. The van der Waals surface area contributed by atoms with Gasteiger partial charge in [0, 0.05) is 5.56 Å². The van der Waals surface area contributed by atoms with E-state index in [1.807, 2.05) is 13.0 Å². The van der Waals surface area contributed by atoms with Gasteiger partial charge in [-0.1, -0.05) is 12.1 Å². The van der Waals surface area contributed by atoms with Gasteiger partial charge in [-0.3, -0.25) is 10.1 Å². The molecule has 0 heterocycles. The summed E-state index contributed by atoms with van der Waals surface area (Å²) in [6.07, 6.45) is -0.736. The third-order valence-electron chi connectivity index (χ3n) is 3.23. The molecule has 1 atom stereocenters. The Morgan fingerprint density at radius 3 is 2.57 bits per heavy atom. The first-order chi connectivity index (χ1) is 11.0. The van der Waals surface area contributed by atoms with Crippen molar-refractivity contribution in [3.63, 3.8) is 0 Å². The largest absolute Gasteiger partial charge is 0.465 e. The van der Waals surface area contributed by atoms with Crippen LogP contribution in [-0.2, 0) is 20.8 Å². The number of hydrogen-bond donors (Lipinski definition) is 2. The SMILES string of the molecule is CCOC(=O)NC(=O)C[NH+](CC)Cc1cccc(C(=O)OC)c1. The molecule has 1 aromatic rings. The first kappa shape index (κ1) is 18.6. The van der Waals surface area contributed by atoms with Crippen LogP contribution in [0.2, 0.25) is 0 Å². The lowest BCUT2D eigenvalue weighted by atomic mass is 10.1. The van der Waals surface area contributed by atoms with Gasteiger partial charge in [0.15, 0.2) is 6.54 Å². The maximum atomic E-state index is 11.8. The summed E-state index contributed by atoms with van der Waals surface area (Å²) < 4.78 is 9.36. The topological polar surface area (TPSA) is 86.1 Å². The lowest BCUT2D eigenvalue weighted by Gasteiger charge is -2.17. The van der Waals surface area contributed by atoms with Crippen molar-refractivity contribution < 1.29 is 28.8 Å². The van der Waals surface area contributed by atoms with Crippen LogP contribution in [0.3, 0.4) is 0 Å². The summed E-state index contributed by atoms with van der Waals surface area (Å²) in [5, 5.41) is 2.18. The lowest BCUT2D eigenvalue weighted by molar-refractivity contribution is -0.904. The Morgan fingerprint density at radius 1 is 1.22 bits per heavy atom. The molecule has 1 aromatic carbocycles.